The van der Waals surface area contributed by atoms with Gasteiger partial charge in [-0.15, -0.1) is 0 Å². The Morgan fingerprint density at radius 2 is 1.88 bits per heavy atom. The van der Waals surface area contributed by atoms with Crippen molar-refractivity contribution in [2.75, 3.05) is 27.9 Å². The Hall–Kier alpha value is -3.78. The van der Waals surface area contributed by atoms with E-state index in [2.05, 4.69) is 22.4 Å². The van der Waals surface area contributed by atoms with Gasteiger partial charge in [-0.25, -0.2) is 4.98 Å². The van der Waals surface area contributed by atoms with Crippen molar-refractivity contribution < 1.29 is 23.7 Å². The van der Waals surface area contributed by atoms with E-state index in [-0.39, 0.29) is 18.7 Å². The summed E-state index contributed by atoms with van der Waals surface area (Å²) < 4.78 is 22.0. The molecule has 3 aromatic rings. The monoisotopic (exact) mass is 449 g/mol. The summed E-state index contributed by atoms with van der Waals surface area (Å²) in [7, 11) is 4.85. The number of nitrogens with one attached hydrogen (secondary N) is 1. The molecule has 0 unspecified atom stereocenters. The minimum atomic E-state index is -0.550. The molecule has 0 saturated carbocycles. The quantitative estimate of drug-likeness (QED) is 0.545. The maximum Gasteiger partial charge on any atom is 0.255 e. The lowest BCUT2D eigenvalue weighted by atomic mass is 9.84. The third kappa shape index (κ3) is 4.70. The van der Waals surface area contributed by atoms with Gasteiger partial charge in [0.2, 0.25) is 5.88 Å². The molecule has 2 atom stereocenters. The average Bonchev–Trinajstić information content (AvgIpc) is 2.86. The molecule has 1 aromatic heterocycles. The van der Waals surface area contributed by atoms with E-state index in [4.69, 9.17) is 24.7 Å². The smallest absolute Gasteiger partial charge is 0.255 e. The molecule has 2 aromatic carbocycles. The summed E-state index contributed by atoms with van der Waals surface area (Å²) in [6.07, 6.45) is 2.47. The van der Waals surface area contributed by atoms with Crippen LogP contribution in [0.15, 0.2) is 54.7 Å². The standard InChI is InChI=1S/C25H27N3O5/c1-30-17-7-8-18-16(11-17)12-20(19-5-4-10-27-25(19)32-3)28-24(18)15-6-9-21(22(13-15)31-2)33-14-23(26)29/h4-11,13,20,24,28H,12,14H2,1-3H3,(H2,26,29)/t20-,24-/m0/s1. The van der Waals surface area contributed by atoms with Crippen LogP contribution in [0, 0.1) is 0 Å². The van der Waals surface area contributed by atoms with E-state index in [0.29, 0.717) is 17.4 Å². The number of rotatable bonds is 8. The summed E-state index contributed by atoms with van der Waals surface area (Å²) in [5.74, 6) is 1.82. The number of benzene rings is 2. The molecule has 0 saturated heterocycles. The van der Waals surface area contributed by atoms with Crippen molar-refractivity contribution in [3.63, 3.8) is 0 Å². The van der Waals surface area contributed by atoms with Gasteiger partial charge >= 0.3 is 0 Å². The van der Waals surface area contributed by atoms with Gasteiger partial charge in [0.05, 0.1) is 27.4 Å². The molecule has 0 aliphatic carbocycles. The van der Waals surface area contributed by atoms with Crippen molar-refractivity contribution in [1.29, 1.82) is 0 Å². The lowest BCUT2D eigenvalue weighted by Crippen LogP contribution is -2.34. The number of pyridine rings is 1. The fourth-order valence-corrected chi connectivity index (χ4v) is 4.18. The third-order valence-corrected chi connectivity index (χ3v) is 5.71. The third-order valence-electron chi connectivity index (χ3n) is 5.71. The number of hydrogen-bond donors (Lipinski definition) is 2. The highest BCUT2D eigenvalue weighted by Gasteiger charge is 2.31. The maximum absolute atomic E-state index is 11.1. The fourth-order valence-electron chi connectivity index (χ4n) is 4.18. The lowest BCUT2D eigenvalue weighted by Gasteiger charge is -2.34. The van der Waals surface area contributed by atoms with Gasteiger partial charge in [0.1, 0.15) is 5.75 Å². The molecular weight excluding hydrogens is 422 g/mol. The second kappa shape index (κ2) is 9.79. The molecular formula is C25H27N3O5. The number of aromatic nitrogens is 1. The summed E-state index contributed by atoms with van der Waals surface area (Å²) in [6, 6.07) is 15.5. The summed E-state index contributed by atoms with van der Waals surface area (Å²) in [6.45, 7) is -0.219. The number of primary amides is 1. The molecule has 4 rings (SSSR count). The van der Waals surface area contributed by atoms with Crippen LogP contribution in [-0.4, -0.2) is 38.8 Å². The van der Waals surface area contributed by atoms with Crippen LogP contribution in [0.1, 0.15) is 34.3 Å². The van der Waals surface area contributed by atoms with Crippen molar-refractivity contribution >= 4 is 5.91 Å². The Kier molecular flexibility index (Phi) is 6.65. The number of carbonyl (C=O) groups excluding carboxylic acids is 1. The Balaban J connectivity index is 1.75. The van der Waals surface area contributed by atoms with Gasteiger partial charge in [-0.05, 0) is 53.4 Å². The van der Waals surface area contributed by atoms with Crippen LogP contribution >= 0.6 is 0 Å². The highest BCUT2D eigenvalue weighted by atomic mass is 16.5. The number of hydrogen-bond acceptors (Lipinski definition) is 7. The van der Waals surface area contributed by atoms with Crippen molar-refractivity contribution in [2.45, 2.75) is 18.5 Å². The number of nitrogens with zero attached hydrogens (tertiary/aromatic N) is 1. The minimum absolute atomic E-state index is 0.0324. The number of amides is 1. The number of ether oxygens (including phenoxy) is 4. The Labute approximate surface area is 192 Å². The van der Waals surface area contributed by atoms with Gasteiger partial charge < -0.3 is 24.7 Å². The van der Waals surface area contributed by atoms with Crippen LogP contribution in [0.3, 0.4) is 0 Å². The molecule has 1 aliphatic rings. The highest BCUT2D eigenvalue weighted by Crippen LogP contribution is 2.41. The predicted molar refractivity (Wildman–Crippen MR) is 123 cm³/mol. The largest absolute Gasteiger partial charge is 0.497 e. The van der Waals surface area contributed by atoms with E-state index in [1.807, 2.05) is 30.3 Å². The first kappa shape index (κ1) is 22.4. The normalized spacial score (nSPS) is 17.1. The fraction of sp³-hybridized carbons (Fsp3) is 0.280. The van der Waals surface area contributed by atoms with Crippen molar-refractivity contribution in [1.82, 2.24) is 10.3 Å². The van der Waals surface area contributed by atoms with Gasteiger partial charge in [0.15, 0.2) is 18.1 Å². The predicted octanol–water partition coefficient (Wildman–Crippen LogP) is 2.95. The average molecular weight is 450 g/mol. The van der Waals surface area contributed by atoms with E-state index < -0.39 is 5.91 Å². The molecule has 33 heavy (non-hydrogen) atoms. The van der Waals surface area contributed by atoms with Crippen LogP contribution in [0.2, 0.25) is 0 Å². The molecule has 1 amide bonds. The van der Waals surface area contributed by atoms with Gasteiger partial charge in [-0.2, -0.15) is 0 Å². The van der Waals surface area contributed by atoms with Crippen LogP contribution in [0.4, 0.5) is 0 Å². The molecule has 2 heterocycles. The van der Waals surface area contributed by atoms with Gasteiger partial charge in [0, 0.05) is 17.8 Å². The minimum Gasteiger partial charge on any atom is -0.497 e. The molecule has 1 aliphatic heterocycles. The van der Waals surface area contributed by atoms with E-state index in [1.165, 1.54) is 5.56 Å². The summed E-state index contributed by atoms with van der Waals surface area (Å²) in [5, 5.41) is 3.74. The Bertz CT molecular complexity index is 1150. The molecule has 172 valence electrons. The summed E-state index contributed by atoms with van der Waals surface area (Å²) in [4.78, 5) is 15.5. The zero-order valence-corrected chi connectivity index (χ0v) is 18.8. The van der Waals surface area contributed by atoms with E-state index >= 15 is 0 Å². The SMILES string of the molecule is COc1ccc2c(c1)C[C@@H](c1cccnc1OC)N[C@H]2c1ccc(OCC(N)=O)c(OC)c1. The number of fused-ring (bicyclic) bond motifs is 1. The van der Waals surface area contributed by atoms with Crippen molar-refractivity contribution in [3.8, 4) is 23.1 Å². The first-order chi connectivity index (χ1) is 16.0. The van der Waals surface area contributed by atoms with Crippen molar-refractivity contribution in [2.24, 2.45) is 5.73 Å². The molecule has 0 fully saturated rings. The molecule has 0 bridgehead atoms. The van der Waals surface area contributed by atoms with Crippen LogP contribution in [0.25, 0.3) is 0 Å². The van der Waals surface area contributed by atoms with Gasteiger partial charge in [-0.1, -0.05) is 18.2 Å². The van der Waals surface area contributed by atoms with E-state index in [9.17, 15) is 4.79 Å². The second-order valence-corrected chi connectivity index (χ2v) is 7.69. The molecule has 3 N–H and O–H groups in total. The zero-order chi connectivity index (χ0) is 23.4. The lowest BCUT2D eigenvalue weighted by molar-refractivity contribution is -0.119. The van der Waals surface area contributed by atoms with Gasteiger partial charge in [0.25, 0.3) is 5.91 Å². The van der Waals surface area contributed by atoms with Crippen LogP contribution in [-0.2, 0) is 11.2 Å². The Morgan fingerprint density at radius 1 is 1.03 bits per heavy atom. The number of methoxy groups -OCH3 is 3. The van der Waals surface area contributed by atoms with Gasteiger partial charge in [-0.3, -0.25) is 10.1 Å². The topological polar surface area (TPSA) is 105 Å². The second-order valence-electron chi connectivity index (χ2n) is 7.69. The maximum atomic E-state index is 11.1. The highest BCUT2D eigenvalue weighted by molar-refractivity contribution is 5.75. The first-order valence-corrected chi connectivity index (χ1v) is 10.5. The number of carbonyl (C=O) groups is 1. The van der Waals surface area contributed by atoms with Crippen LogP contribution in [0.5, 0.6) is 23.1 Å². The number of nitrogens with two attached hydrogens (primary N) is 1. The summed E-state index contributed by atoms with van der Waals surface area (Å²) >= 11 is 0. The molecule has 8 nitrogen and oxygen atoms in total. The van der Waals surface area contributed by atoms with Crippen molar-refractivity contribution in [3.05, 3.63) is 77.0 Å². The Morgan fingerprint density at radius 3 is 2.61 bits per heavy atom. The molecule has 0 spiro atoms. The zero-order valence-electron chi connectivity index (χ0n) is 18.8. The molecule has 0 radical (unpaired) electrons. The van der Waals surface area contributed by atoms with Crippen LogP contribution < -0.4 is 30.0 Å². The molecule has 8 heteroatoms. The summed E-state index contributed by atoms with van der Waals surface area (Å²) in [5.41, 5.74) is 9.48. The van der Waals surface area contributed by atoms with E-state index in [0.717, 1.165) is 28.9 Å². The van der Waals surface area contributed by atoms with E-state index in [1.54, 1.807) is 33.6 Å². The first-order valence-electron chi connectivity index (χ1n) is 10.5.